The minimum Gasteiger partial charge on any atom is -0.493 e. The van der Waals surface area contributed by atoms with E-state index in [0.717, 1.165) is 0 Å². The first-order valence-electron chi connectivity index (χ1n) is 6.30. The summed E-state index contributed by atoms with van der Waals surface area (Å²) in [4.78, 5) is 11.8. The lowest BCUT2D eigenvalue weighted by atomic mass is 10.1. The SMILES string of the molecule is COc1cc(COc2ccccc2)c([N+](N)=O)cc1OC. The molecule has 0 heterocycles. The standard InChI is InChI=1S/C15H17N2O4/c1-19-14-8-11(10-21-12-6-4-3-5-7-12)13(17(16)18)9-15(14)20-2/h3-9H,10H2,1-2H3,(H2,16,18)/q+1. The van der Waals surface area contributed by atoms with Crippen LogP contribution in [0.1, 0.15) is 5.56 Å². The largest absolute Gasteiger partial charge is 0.493 e. The highest BCUT2D eigenvalue weighted by molar-refractivity contribution is 5.54. The van der Waals surface area contributed by atoms with Crippen molar-refractivity contribution in [2.75, 3.05) is 14.2 Å². The molecule has 0 amide bonds. The minimum absolute atomic E-state index is 0.190. The molecule has 0 aliphatic rings. The molecule has 2 rings (SSSR count). The molecule has 0 saturated carbocycles. The Morgan fingerprint density at radius 3 is 2.24 bits per heavy atom. The third kappa shape index (κ3) is 3.42. The van der Waals surface area contributed by atoms with E-state index in [4.69, 9.17) is 20.1 Å². The summed E-state index contributed by atoms with van der Waals surface area (Å²) < 4.78 is 16.0. The normalized spacial score (nSPS) is 10.0. The number of methoxy groups -OCH3 is 2. The molecule has 0 bridgehead atoms. The van der Waals surface area contributed by atoms with Crippen LogP contribution in [0.2, 0.25) is 0 Å². The Labute approximate surface area is 122 Å². The van der Waals surface area contributed by atoms with Gasteiger partial charge in [-0.15, -0.1) is 0 Å². The Morgan fingerprint density at radius 2 is 1.67 bits per heavy atom. The fourth-order valence-corrected chi connectivity index (χ4v) is 1.91. The number of hydrazine groups is 1. The van der Waals surface area contributed by atoms with E-state index in [9.17, 15) is 4.91 Å². The van der Waals surface area contributed by atoms with E-state index in [0.29, 0.717) is 22.8 Å². The van der Waals surface area contributed by atoms with Crippen LogP contribution in [0.4, 0.5) is 5.69 Å². The smallest absolute Gasteiger partial charge is 0.302 e. The van der Waals surface area contributed by atoms with Crippen LogP contribution >= 0.6 is 0 Å². The maximum absolute atomic E-state index is 11.5. The van der Waals surface area contributed by atoms with E-state index in [-0.39, 0.29) is 17.2 Å². The van der Waals surface area contributed by atoms with Gasteiger partial charge in [0.1, 0.15) is 12.4 Å². The molecular formula is C15H17N2O4+. The van der Waals surface area contributed by atoms with Gasteiger partial charge in [-0.3, -0.25) is 0 Å². The van der Waals surface area contributed by atoms with Gasteiger partial charge in [-0.1, -0.05) is 18.2 Å². The number of hydrogen-bond donors (Lipinski definition) is 1. The molecule has 0 radical (unpaired) electrons. The molecule has 2 aromatic rings. The van der Waals surface area contributed by atoms with Gasteiger partial charge in [-0.05, 0) is 18.2 Å². The van der Waals surface area contributed by atoms with Crippen molar-refractivity contribution >= 4 is 5.69 Å². The summed E-state index contributed by atoms with van der Waals surface area (Å²) in [5.74, 6) is 6.97. The van der Waals surface area contributed by atoms with Crippen LogP contribution in [0.25, 0.3) is 0 Å². The molecule has 0 aliphatic carbocycles. The number of ether oxygens (including phenoxy) is 3. The summed E-state index contributed by atoms with van der Waals surface area (Å²) in [5.41, 5.74) is 0.873. The van der Waals surface area contributed by atoms with Crippen molar-refractivity contribution in [2.24, 2.45) is 5.84 Å². The fourth-order valence-electron chi connectivity index (χ4n) is 1.91. The highest BCUT2D eigenvalue weighted by Gasteiger charge is 2.21. The Morgan fingerprint density at radius 1 is 1.05 bits per heavy atom. The van der Waals surface area contributed by atoms with Gasteiger partial charge in [0, 0.05) is 0 Å². The van der Waals surface area contributed by atoms with Crippen molar-refractivity contribution in [3.05, 3.63) is 52.9 Å². The maximum atomic E-state index is 11.5. The first-order valence-corrected chi connectivity index (χ1v) is 6.30. The highest BCUT2D eigenvalue weighted by atomic mass is 16.5. The Bertz CT molecular complexity index is 629. The zero-order chi connectivity index (χ0) is 15.2. The zero-order valence-electron chi connectivity index (χ0n) is 11.9. The summed E-state index contributed by atoms with van der Waals surface area (Å²) >= 11 is 0. The molecular weight excluding hydrogens is 272 g/mol. The van der Waals surface area contributed by atoms with Crippen LogP contribution < -0.4 is 20.1 Å². The number of benzene rings is 2. The van der Waals surface area contributed by atoms with Gasteiger partial charge in [0.15, 0.2) is 16.4 Å². The minimum atomic E-state index is 0.190. The lowest BCUT2D eigenvalue weighted by molar-refractivity contribution is -0.475. The number of nitroso groups, excluding NO2 is 1. The molecule has 0 saturated heterocycles. The maximum Gasteiger partial charge on any atom is 0.302 e. The molecule has 2 aromatic carbocycles. The Balaban J connectivity index is 2.30. The van der Waals surface area contributed by atoms with Gasteiger partial charge in [-0.2, -0.15) is 5.84 Å². The summed E-state index contributed by atoms with van der Waals surface area (Å²) in [6.45, 7) is 0.190. The fraction of sp³-hybridized carbons (Fsp3) is 0.200. The number of nitrogens with zero attached hydrogens (tertiary/aromatic N) is 1. The van der Waals surface area contributed by atoms with Crippen molar-refractivity contribution in [2.45, 2.75) is 6.61 Å². The van der Waals surface area contributed by atoms with E-state index >= 15 is 0 Å². The molecule has 0 aromatic heterocycles. The molecule has 21 heavy (non-hydrogen) atoms. The molecule has 6 nitrogen and oxygen atoms in total. The van der Waals surface area contributed by atoms with E-state index in [1.807, 2.05) is 30.3 Å². The molecule has 0 unspecified atom stereocenters. The second-order valence-electron chi connectivity index (χ2n) is 4.26. The van der Waals surface area contributed by atoms with E-state index < -0.39 is 0 Å². The molecule has 6 heteroatoms. The lowest BCUT2D eigenvalue weighted by Crippen LogP contribution is -2.12. The molecule has 110 valence electrons. The quantitative estimate of drug-likeness (QED) is 0.502. The van der Waals surface area contributed by atoms with Gasteiger partial charge in [0.05, 0.1) is 30.8 Å². The molecule has 0 spiro atoms. The van der Waals surface area contributed by atoms with Crippen LogP contribution in [0, 0.1) is 4.91 Å². The summed E-state index contributed by atoms with van der Waals surface area (Å²) in [6, 6.07) is 12.5. The van der Waals surface area contributed by atoms with Crippen molar-refractivity contribution in [1.82, 2.24) is 0 Å². The number of rotatable bonds is 6. The monoisotopic (exact) mass is 289 g/mol. The molecule has 0 fully saturated rings. The lowest BCUT2D eigenvalue weighted by Gasteiger charge is -2.10. The van der Waals surface area contributed by atoms with Crippen LogP contribution in [0.5, 0.6) is 17.2 Å². The second-order valence-corrected chi connectivity index (χ2v) is 4.26. The van der Waals surface area contributed by atoms with E-state index in [1.54, 1.807) is 6.07 Å². The zero-order valence-corrected chi connectivity index (χ0v) is 11.9. The van der Waals surface area contributed by atoms with Gasteiger partial charge < -0.3 is 14.2 Å². The average Bonchev–Trinajstić information content (AvgIpc) is 2.52. The first kappa shape index (κ1) is 14.6. The second kappa shape index (κ2) is 6.60. The predicted molar refractivity (Wildman–Crippen MR) is 77.8 cm³/mol. The van der Waals surface area contributed by atoms with Gasteiger partial charge in [0.2, 0.25) is 0 Å². The third-order valence-corrected chi connectivity index (χ3v) is 2.96. The number of hydrogen-bond acceptors (Lipinski definition) is 4. The first-order chi connectivity index (χ1) is 10.2. The summed E-state index contributed by atoms with van der Waals surface area (Å²) in [6.07, 6.45) is 0. The number of nitrogens with two attached hydrogens (primary N) is 1. The predicted octanol–water partition coefficient (Wildman–Crippen LogP) is 2.57. The van der Waals surface area contributed by atoms with Crippen molar-refractivity contribution < 1.29 is 19.1 Å². The van der Waals surface area contributed by atoms with Crippen LogP contribution in [-0.4, -0.2) is 19.1 Å². The molecule has 0 aliphatic heterocycles. The van der Waals surface area contributed by atoms with E-state index in [2.05, 4.69) is 0 Å². The summed E-state index contributed by atoms with van der Waals surface area (Å²) in [5, 5.41) is 0. The van der Waals surface area contributed by atoms with E-state index in [1.165, 1.54) is 20.3 Å². The van der Waals surface area contributed by atoms with Gasteiger partial charge >= 0.3 is 5.69 Å². The average molecular weight is 289 g/mol. The number of para-hydroxylation sites is 1. The Kier molecular flexibility index (Phi) is 4.61. The van der Waals surface area contributed by atoms with Crippen LogP contribution in [0.3, 0.4) is 0 Å². The van der Waals surface area contributed by atoms with Gasteiger partial charge in [-0.25, -0.2) is 0 Å². The molecule has 0 atom stereocenters. The topological polar surface area (TPSA) is 73.8 Å². The third-order valence-electron chi connectivity index (χ3n) is 2.96. The van der Waals surface area contributed by atoms with Gasteiger partial charge in [0.25, 0.3) is 0 Å². The summed E-state index contributed by atoms with van der Waals surface area (Å²) in [7, 11) is 3.02. The highest BCUT2D eigenvalue weighted by Crippen LogP contribution is 2.34. The molecule has 2 N–H and O–H groups in total. The Hall–Kier alpha value is -2.76. The van der Waals surface area contributed by atoms with Crippen LogP contribution in [-0.2, 0) is 6.61 Å². The van der Waals surface area contributed by atoms with Crippen molar-refractivity contribution in [1.29, 1.82) is 0 Å². The van der Waals surface area contributed by atoms with Crippen LogP contribution in [0.15, 0.2) is 42.5 Å². The van der Waals surface area contributed by atoms with Crippen molar-refractivity contribution in [3.8, 4) is 17.2 Å². The van der Waals surface area contributed by atoms with Crippen molar-refractivity contribution in [3.63, 3.8) is 0 Å².